The van der Waals surface area contributed by atoms with E-state index in [-0.39, 0.29) is 11.8 Å². The lowest BCUT2D eigenvalue weighted by Crippen LogP contribution is -2.33. The van der Waals surface area contributed by atoms with Gasteiger partial charge in [0, 0.05) is 43.7 Å². The molecule has 2 aromatic rings. The fourth-order valence-electron chi connectivity index (χ4n) is 3.59. The summed E-state index contributed by atoms with van der Waals surface area (Å²) in [5, 5.41) is 5.83. The van der Waals surface area contributed by atoms with E-state index in [1.165, 1.54) is 6.42 Å². The Bertz CT molecular complexity index is 860. The van der Waals surface area contributed by atoms with E-state index in [4.69, 9.17) is 4.74 Å². The zero-order chi connectivity index (χ0) is 20.6. The summed E-state index contributed by atoms with van der Waals surface area (Å²) in [6.45, 7) is 4.67. The van der Waals surface area contributed by atoms with E-state index in [2.05, 4.69) is 15.5 Å². The lowest BCUT2D eigenvalue weighted by atomic mass is 10.0. The second-order valence-corrected chi connectivity index (χ2v) is 7.30. The van der Waals surface area contributed by atoms with Crippen LogP contribution >= 0.6 is 0 Å². The summed E-state index contributed by atoms with van der Waals surface area (Å²) in [4.78, 5) is 27.8. The normalized spacial score (nSPS) is 13.8. The Balaban J connectivity index is 1.84. The summed E-state index contributed by atoms with van der Waals surface area (Å²) < 4.78 is 5.03. The Morgan fingerprint density at radius 3 is 2.48 bits per heavy atom. The van der Waals surface area contributed by atoms with Crippen LogP contribution in [-0.2, 0) is 4.74 Å². The van der Waals surface area contributed by atoms with Crippen LogP contribution in [0.2, 0.25) is 0 Å². The van der Waals surface area contributed by atoms with Crippen molar-refractivity contribution >= 4 is 23.2 Å². The summed E-state index contributed by atoms with van der Waals surface area (Å²) in [5.41, 5.74) is 3.63. The van der Waals surface area contributed by atoms with E-state index < -0.39 is 0 Å². The predicted molar refractivity (Wildman–Crippen MR) is 116 cm³/mol. The highest BCUT2D eigenvalue weighted by atomic mass is 16.5. The van der Waals surface area contributed by atoms with Crippen molar-refractivity contribution in [2.24, 2.45) is 0 Å². The summed E-state index contributed by atoms with van der Waals surface area (Å²) >= 11 is 0. The van der Waals surface area contributed by atoms with Gasteiger partial charge < -0.3 is 20.3 Å². The molecule has 3 rings (SSSR count). The van der Waals surface area contributed by atoms with Gasteiger partial charge in [0.2, 0.25) is 0 Å². The van der Waals surface area contributed by atoms with Gasteiger partial charge in [0.15, 0.2) is 0 Å². The molecule has 6 heteroatoms. The maximum absolute atomic E-state index is 12.8. The van der Waals surface area contributed by atoms with Crippen LogP contribution in [0.1, 0.15) is 45.5 Å². The van der Waals surface area contributed by atoms with Crippen molar-refractivity contribution in [2.75, 3.05) is 43.6 Å². The molecule has 1 heterocycles. The van der Waals surface area contributed by atoms with E-state index in [9.17, 15) is 9.59 Å². The molecule has 1 fully saturated rings. The molecular weight excluding hydrogens is 366 g/mol. The van der Waals surface area contributed by atoms with E-state index in [0.29, 0.717) is 30.0 Å². The number of carbonyl (C=O) groups excluding carboxylic acids is 2. The number of piperidine rings is 1. The number of methoxy groups -OCH3 is 1. The maximum Gasteiger partial charge on any atom is 0.255 e. The summed E-state index contributed by atoms with van der Waals surface area (Å²) in [7, 11) is 1.60. The molecule has 0 atom stereocenters. The first kappa shape index (κ1) is 20.9. The third-order valence-corrected chi connectivity index (χ3v) is 5.18. The van der Waals surface area contributed by atoms with Crippen molar-refractivity contribution in [3.8, 4) is 0 Å². The third-order valence-electron chi connectivity index (χ3n) is 5.18. The molecule has 6 nitrogen and oxygen atoms in total. The summed E-state index contributed by atoms with van der Waals surface area (Å²) in [5.74, 6) is -0.339. The second kappa shape index (κ2) is 10.1. The molecule has 0 aliphatic carbocycles. The first-order valence-corrected chi connectivity index (χ1v) is 10.1. The zero-order valence-electron chi connectivity index (χ0n) is 17.2. The van der Waals surface area contributed by atoms with Gasteiger partial charge in [0.25, 0.3) is 11.8 Å². The van der Waals surface area contributed by atoms with Crippen molar-refractivity contribution < 1.29 is 14.3 Å². The molecule has 0 bridgehead atoms. The largest absolute Gasteiger partial charge is 0.383 e. The van der Waals surface area contributed by atoms with Gasteiger partial charge in [-0.15, -0.1) is 0 Å². The van der Waals surface area contributed by atoms with Crippen molar-refractivity contribution in [1.82, 2.24) is 5.32 Å². The Kier molecular flexibility index (Phi) is 7.25. The molecule has 0 aromatic heterocycles. The van der Waals surface area contributed by atoms with Gasteiger partial charge in [0.05, 0.1) is 12.2 Å². The van der Waals surface area contributed by atoms with Crippen molar-refractivity contribution in [3.05, 3.63) is 59.2 Å². The zero-order valence-corrected chi connectivity index (χ0v) is 17.2. The van der Waals surface area contributed by atoms with Crippen LogP contribution in [0.25, 0.3) is 0 Å². The van der Waals surface area contributed by atoms with Gasteiger partial charge in [-0.1, -0.05) is 18.2 Å². The number of nitrogens with zero attached hydrogens (tertiary/aromatic N) is 1. The molecule has 1 saturated heterocycles. The Morgan fingerprint density at radius 1 is 1.00 bits per heavy atom. The number of anilines is 2. The van der Waals surface area contributed by atoms with Crippen LogP contribution in [0.4, 0.5) is 11.4 Å². The molecular formula is C23H29N3O3. The van der Waals surface area contributed by atoms with Gasteiger partial charge in [0.1, 0.15) is 0 Å². The Labute approximate surface area is 172 Å². The Hall–Kier alpha value is -2.86. The van der Waals surface area contributed by atoms with Crippen LogP contribution in [0, 0.1) is 6.92 Å². The van der Waals surface area contributed by atoms with Gasteiger partial charge in [-0.2, -0.15) is 0 Å². The molecule has 1 aliphatic heterocycles. The topological polar surface area (TPSA) is 70.7 Å². The number of ether oxygens (including phenoxy) is 1. The van der Waals surface area contributed by atoms with Crippen LogP contribution in [-0.4, -0.2) is 45.2 Å². The third kappa shape index (κ3) is 5.35. The van der Waals surface area contributed by atoms with E-state index in [0.717, 1.165) is 37.2 Å². The number of hydrogen-bond donors (Lipinski definition) is 2. The lowest BCUT2D eigenvalue weighted by Gasteiger charge is -2.30. The highest BCUT2D eigenvalue weighted by Gasteiger charge is 2.20. The number of amides is 2. The average molecular weight is 396 g/mol. The van der Waals surface area contributed by atoms with Gasteiger partial charge in [-0.05, 0) is 56.0 Å². The minimum atomic E-state index is -0.181. The molecule has 29 heavy (non-hydrogen) atoms. The van der Waals surface area contributed by atoms with Gasteiger partial charge >= 0.3 is 0 Å². The molecule has 2 N–H and O–H groups in total. The number of nitrogens with one attached hydrogen (secondary N) is 2. The number of hydrogen-bond acceptors (Lipinski definition) is 4. The minimum absolute atomic E-state index is 0.158. The maximum atomic E-state index is 12.8. The van der Waals surface area contributed by atoms with Gasteiger partial charge in [-0.25, -0.2) is 0 Å². The average Bonchev–Trinajstić information content (AvgIpc) is 2.74. The predicted octanol–water partition coefficient (Wildman–Crippen LogP) is 3.61. The molecule has 0 spiro atoms. The van der Waals surface area contributed by atoms with Crippen molar-refractivity contribution in [3.63, 3.8) is 0 Å². The fraction of sp³-hybridized carbons (Fsp3) is 0.391. The number of rotatable bonds is 7. The molecule has 0 saturated carbocycles. The molecule has 2 aromatic carbocycles. The van der Waals surface area contributed by atoms with E-state index >= 15 is 0 Å². The molecule has 2 amide bonds. The highest BCUT2D eigenvalue weighted by Crippen LogP contribution is 2.27. The first-order valence-electron chi connectivity index (χ1n) is 10.1. The van der Waals surface area contributed by atoms with Crippen LogP contribution in [0.3, 0.4) is 0 Å². The summed E-state index contributed by atoms with van der Waals surface area (Å²) in [6.07, 6.45) is 3.46. The van der Waals surface area contributed by atoms with Crippen molar-refractivity contribution in [1.29, 1.82) is 0 Å². The highest BCUT2D eigenvalue weighted by molar-refractivity contribution is 6.07. The monoisotopic (exact) mass is 395 g/mol. The van der Waals surface area contributed by atoms with Crippen molar-refractivity contribution in [2.45, 2.75) is 26.2 Å². The minimum Gasteiger partial charge on any atom is -0.383 e. The molecule has 1 aliphatic rings. The standard InChI is InChI=1S/C23H29N3O3/c1-17-8-4-5-9-19(17)23(28)25-18-10-11-21(26-13-6-3-7-14-26)20(16-18)22(27)24-12-15-29-2/h4-5,8-11,16H,3,6-7,12-15H2,1-2H3,(H,24,27)(H,25,28). The second-order valence-electron chi connectivity index (χ2n) is 7.30. The van der Waals surface area contributed by atoms with E-state index in [1.54, 1.807) is 19.2 Å². The van der Waals surface area contributed by atoms with Crippen LogP contribution in [0.15, 0.2) is 42.5 Å². The number of aryl methyl sites for hydroxylation is 1. The molecule has 0 unspecified atom stereocenters. The Morgan fingerprint density at radius 2 is 1.76 bits per heavy atom. The SMILES string of the molecule is COCCNC(=O)c1cc(NC(=O)c2ccccc2C)ccc1N1CCCCC1. The lowest BCUT2D eigenvalue weighted by molar-refractivity contribution is 0.0936. The number of carbonyl (C=O) groups is 2. The van der Waals surface area contributed by atoms with Gasteiger partial charge in [-0.3, -0.25) is 9.59 Å². The van der Waals surface area contributed by atoms with Crippen LogP contribution < -0.4 is 15.5 Å². The van der Waals surface area contributed by atoms with E-state index in [1.807, 2.05) is 37.3 Å². The van der Waals surface area contributed by atoms with Crippen LogP contribution in [0.5, 0.6) is 0 Å². The summed E-state index contributed by atoms with van der Waals surface area (Å²) in [6, 6.07) is 13.0. The molecule has 154 valence electrons. The smallest absolute Gasteiger partial charge is 0.255 e. The quantitative estimate of drug-likeness (QED) is 0.703. The first-order chi connectivity index (χ1) is 14.1. The molecule has 0 radical (unpaired) electrons. The fourth-order valence-corrected chi connectivity index (χ4v) is 3.59. The number of benzene rings is 2.